The maximum Gasteiger partial charge on any atom is 0.111 e. The van der Waals surface area contributed by atoms with Crippen LogP contribution in [0.1, 0.15) is 0 Å². The van der Waals surface area contributed by atoms with Crippen LogP contribution < -0.4 is 0 Å². The molecular formula is C15H28O6. The summed E-state index contributed by atoms with van der Waals surface area (Å²) in [4.78, 5) is 0. The third-order valence-corrected chi connectivity index (χ3v) is 2.19. The normalized spacial score (nSPS) is 10.5. The van der Waals surface area contributed by atoms with E-state index in [1.165, 1.54) is 6.26 Å². The van der Waals surface area contributed by atoms with Crippen LogP contribution in [0.2, 0.25) is 0 Å². The molecule has 0 aromatic rings. The van der Waals surface area contributed by atoms with Crippen molar-refractivity contribution >= 4 is 0 Å². The van der Waals surface area contributed by atoms with Crippen LogP contribution in [0.4, 0.5) is 0 Å². The molecule has 0 aromatic heterocycles. The van der Waals surface area contributed by atoms with E-state index in [2.05, 4.69) is 13.2 Å². The molecule has 0 heterocycles. The smallest absolute Gasteiger partial charge is 0.111 e. The Balaban J connectivity index is 2.93. The summed E-state index contributed by atoms with van der Waals surface area (Å²) in [7, 11) is 0. The Morgan fingerprint density at radius 2 is 0.905 bits per heavy atom. The lowest BCUT2D eigenvalue weighted by Gasteiger charge is -2.07. The summed E-state index contributed by atoms with van der Waals surface area (Å²) in [5.74, 6) is 0. The van der Waals surface area contributed by atoms with E-state index in [4.69, 9.17) is 28.4 Å². The van der Waals surface area contributed by atoms with Crippen molar-refractivity contribution < 1.29 is 28.4 Å². The molecule has 6 nitrogen and oxygen atoms in total. The van der Waals surface area contributed by atoms with E-state index in [0.717, 1.165) is 0 Å². The highest BCUT2D eigenvalue weighted by atomic mass is 16.6. The molecule has 0 aliphatic carbocycles. The van der Waals surface area contributed by atoms with Gasteiger partial charge in [-0.25, -0.2) is 0 Å². The molecular weight excluding hydrogens is 276 g/mol. The molecule has 0 radical (unpaired) electrons. The molecule has 0 aliphatic heterocycles. The van der Waals surface area contributed by atoms with Gasteiger partial charge in [0.25, 0.3) is 0 Å². The summed E-state index contributed by atoms with van der Waals surface area (Å²) in [6, 6.07) is 0. The fourth-order valence-electron chi connectivity index (χ4n) is 1.24. The first-order chi connectivity index (χ1) is 10.4. The zero-order valence-electron chi connectivity index (χ0n) is 12.8. The van der Waals surface area contributed by atoms with E-state index in [0.29, 0.717) is 72.7 Å². The van der Waals surface area contributed by atoms with Gasteiger partial charge in [-0.1, -0.05) is 12.7 Å². The largest absolute Gasteiger partial charge is 0.499 e. The van der Waals surface area contributed by atoms with Crippen LogP contribution in [0.25, 0.3) is 0 Å². The van der Waals surface area contributed by atoms with Crippen molar-refractivity contribution in [1.29, 1.82) is 0 Å². The van der Waals surface area contributed by atoms with Crippen molar-refractivity contribution in [3.05, 3.63) is 25.5 Å². The molecule has 124 valence electrons. The Kier molecular flexibility index (Phi) is 18.2. The predicted octanol–water partition coefficient (Wildman–Crippen LogP) is 1.42. The highest BCUT2D eigenvalue weighted by Crippen LogP contribution is 1.84. The number of ether oxygens (including phenoxy) is 6. The number of hydrogen-bond donors (Lipinski definition) is 0. The monoisotopic (exact) mass is 304 g/mol. The Morgan fingerprint density at radius 3 is 1.29 bits per heavy atom. The standard InChI is InChI=1S/C15H28O6/c1-3-5-17-8-9-19-12-13-21-15-14-20-11-10-18-7-6-16-4-2/h3-4H,1-2,5-15H2. The van der Waals surface area contributed by atoms with Crippen LogP contribution in [-0.2, 0) is 28.4 Å². The molecule has 0 saturated carbocycles. The minimum Gasteiger partial charge on any atom is -0.499 e. The highest BCUT2D eigenvalue weighted by molar-refractivity contribution is 4.63. The summed E-state index contributed by atoms with van der Waals surface area (Å²) in [5.41, 5.74) is 0. The fourth-order valence-corrected chi connectivity index (χ4v) is 1.24. The van der Waals surface area contributed by atoms with E-state index in [1.54, 1.807) is 6.08 Å². The Morgan fingerprint density at radius 1 is 0.524 bits per heavy atom. The van der Waals surface area contributed by atoms with Crippen molar-refractivity contribution in [1.82, 2.24) is 0 Å². The van der Waals surface area contributed by atoms with Gasteiger partial charge in [0, 0.05) is 0 Å². The van der Waals surface area contributed by atoms with Gasteiger partial charge >= 0.3 is 0 Å². The maximum absolute atomic E-state index is 5.34. The second-order valence-corrected chi connectivity index (χ2v) is 3.85. The van der Waals surface area contributed by atoms with E-state index in [1.807, 2.05) is 0 Å². The third kappa shape index (κ3) is 19.1. The first-order valence-corrected chi connectivity index (χ1v) is 7.14. The highest BCUT2D eigenvalue weighted by Gasteiger charge is 1.93. The number of hydrogen-bond acceptors (Lipinski definition) is 6. The van der Waals surface area contributed by atoms with Crippen LogP contribution in [0.3, 0.4) is 0 Å². The summed E-state index contributed by atoms with van der Waals surface area (Å²) in [6.45, 7) is 13.1. The molecule has 0 amide bonds. The first-order valence-electron chi connectivity index (χ1n) is 7.14. The van der Waals surface area contributed by atoms with Crippen molar-refractivity contribution in [2.45, 2.75) is 0 Å². The second-order valence-electron chi connectivity index (χ2n) is 3.85. The van der Waals surface area contributed by atoms with Gasteiger partial charge in [0.15, 0.2) is 0 Å². The molecule has 0 atom stereocenters. The first kappa shape index (κ1) is 20.1. The average Bonchev–Trinajstić information content (AvgIpc) is 2.50. The molecule has 0 unspecified atom stereocenters. The quantitative estimate of drug-likeness (QED) is 0.217. The average molecular weight is 304 g/mol. The SMILES string of the molecule is C=CCOCCOCCOCCOCCOCCOC=C. The third-order valence-electron chi connectivity index (χ3n) is 2.19. The number of rotatable bonds is 18. The van der Waals surface area contributed by atoms with Gasteiger partial charge in [0.2, 0.25) is 0 Å². The summed E-state index contributed by atoms with van der Waals surface area (Å²) < 4.78 is 31.3. The van der Waals surface area contributed by atoms with Gasteiger partial charge in [-0.3, -0.25) is 0 Å². The molecule has 0 rings (SSSR count). The fraction of sp³-hybridized carbons (Fsp3) is 0.733. The molecule has 0 fully saturated rings. The van der Waals surface area contributed by atoms with Gasteiger partial charge in [-0.05, 0) is 0 Å². The van der Waals surface area contributed by atoms with E-state index in [9.17, 15) is 0 Å². The predicted molar refractivity (Wildman–Crippen MR) is 80.4 cm³/mol. The Bertz CT molecular complexity index is 200. The van der Waals surface area contributed by atoms with Crippen molar-refractivity contribution in [3.63, 3.8) is 0 Å². The van der Waals surface area contributed by atoms with E-state index >= 15 is 0 Å². The van der Waals surface area contributed by atoms with Crippen molar-refractivity contribution in [3.8, 4) is 0 Å². The van der Waals surface area contributed by atoms with Gasteiger partial charge in [0.05, 0.1) is 72.3 Å². The van der Waals surface area contributed by atoms with E-state index in [-0.39, 0.29) is 0 Å². The maximum atomic E-state index is 5.34. The lowest BCUT2D eigenvalue weighted by Crippen LogP contribution is -2.13. The Labute approximate surface area is 127 Å². The molecule has 0 bridgehead atoms. The van der Waals surface area contributed by atoms with Crippen molar-refractivity contribution in [2.24, 2.45) is 0 Å². The lowest BCUT2D eigenvalue weighted by atomic mass is 10.6. The zero-order valence-corrected chi connectivity index (χ0v) is 12.8. The van der Waals surface area contributed by atoms with Crippen LogP contribution in [0.5, 0.6) is 0 Å². The van der Waals surface area contributed by atoms with Crippen LogP contribution in [0, 0.1) is 0 Å². The molecule has 21 heavy (non-hydrogen) atoms. The second kappa shape index (κ2) is 19.1. The summed E-state index contributed by atoms with van der Waals surface area (Å²) in [5, 5.41) is 0. The van der Waals surface area contributed by atoms with Crippen LogP contribution in [-0.4, -0.2) is 72.7 Å². The van der Waals surface area contributed by atoms with Crippen molar-refractivity contribution in [2.75, 3.05) is 72.7 Å². The van der Waals surface area contributed by atoms with Crippen LogP contribution >= 0.6 is 0 Å². The summed E-state index contributed by atoms with van der Waals surface area (Å²) >= 11 is 0. The van der Waals surface area contributed by atoms with Gasteiger partial charge in [-0.15, -0.1) is 6.58 Å². The van der Waals surface area contributed by atoms with E-state index < -0.39 is 0 Å². The zero-order chi connectivity index (χ0) is 15.4. The molecule has 0 spiro atoms. The van der Waals surface area contributed by atoms with Gasteiger partial charge < -0.3 is 28.4 Å². The van der Waals surface area contributed by atoms with Gasteiger partial charge in [0.1, 0.15) is 6.61 Å². The lowest BCUT2D eigenvalue weighted by molar-refractivity contribution is -0.0122. The van der Waals surface area contributed by atoms with Crippen LogP contribution in [0.15, 0.2) is 25.5 Å². The molecule has 0 saturated heterocycles. The Hall–Kier alpha value is -0.920. The van der Waals surface area contributed by atoms with Gasteiger partial charge in [-0.2, -0.15) is 0 Å². The summed E-state index contributed by atoms with van der Waals surface area (Å²) in [6.07, 6.45) is 3.11. The molecule has 0 aromatic carbocycles. The molecule has 0 aliphatic rings. The minimum absolute atomic E-state index is 0.519. The molecule has 6 heteroatoms. The molecule has 0 N–H and O–H groups in total. The minimum atomic E-state index is 0.519. The topological polar surface area (TPSA) is 55.4 Å².